The number of hydrogen-bond donors (Lipinski definition) is 2. The van der Waals surface area contributed by atoms with Crippen molar-refractivity contribution in [1.82, 2.24) is 9.55 Å². The Balaban J connectivity index is 1.44. The molecule has 2 N–H and O–H groups in total. The second-order valence-electron chi connectivity index (χ2n) is 10.6. The molecule has 1 aromatic heterocycles. The molecule has 1 unspecified atom stereocenters. The Hall–Kier alpha value is -3.83. The molecule has 2 fully saturated rings. The second kappa shape index (κ2) is 11.1. The van der Waals surface area contributed by atoms with Crippen LogP contribution in [0.25, 0.3) is 0 Å². The van der Waals surface area contributed by atoms with Crippen LogP contribution in [0, 0.1) is 6.92 Å². The van der Waals surface area contributed by atoms with Crippen LogP contribution in [0.4, 0.5) is 0 Å². The van der Waals surface area contributed by atoms with Gasteiger partial charge in [0, 0.05) is 17.5 Å². The standard InChI is InChI=1S/C32H32N2O7S/c1-20-17-34(30(37)33-28(20)36)29-26-27(35)31(41-29,18-40-26)19-42-32(21-7-5-4-6-8-21,22-9-13-24(38-2)14-10-22)23-11-15-25(39-3)16-12-23/h4-17,26-27,29,35H,18-19H2,1-3H3,(H,33,36,37)/t26?,27-,29-,31-/m1/s1. The summed E-state index contributed by atoms with van der Waals surface area (Å²) >= 11 is 1.62. The zero-order valence-electron chi connectivity index (χ0n) is 23.5. The zero-order chi connectivity index (χ0) is 29.5. The number of nitrogens with one attached hydrogen (secondary N) is 1. The van der Waals surface area contributed by atoms with Crippen LogP contribution in [0.3, 0.4) is 0 Å². The minimum Gasteiger partial charge on any atom is -0.497 e. The van der Waals surface area contributed by atoms with Crippen molar-refractivity contribution in [2.24, 2.45) is 0 Å². The summed E-state index contributed by atoms with van der Waals surface area (Å²) in [6.45, 7) is 1.78. The van der Waals surface area contributed by atoms with Gasteiger partial charge in [0.05, 0.1) is 25.6 Å². The average Bonchev–Trinajstić information content (AvgIpc) is 3.49. The highest BCUT2D eigenvalue weighted by molar-refractivity contribution is 8.00. The first-order valence-electron chi connectivity index (χ1n) is 13.6. The van der Waals surface area contributed by atoms with E-state index in [1.54, 1.807) is 32.9 Å². The van der Waals surface area contributed by atoms with Gasteiger partial charge < -0.3 is 24.1 Å². The summed E-state index contributed by atoms with van der Waals surface area (Å²) in [7, 11) is 3.27. The van der Waals surface area contributed by atoms with E-state index in [9.17, 15) is 14.7 Å². The molecular weight excluding hydrogens is 556 g/mol. The number of rotatable bonds is 9. The minimum absolute atomic E-state index is 0.162. The number of aliphatic hydroxyl groups is 1. The number of ether oxygens (including phenoxy) is 4. The van der Waals surface area contributed by atoms with Gasteiger partial charge in [0.25, 0.3) is 5.56 Å². The molecule has 2 aliphatic rings. The molecule has 10 heteroatoms. The molecule has 4 atom stereocenters. The molecule has 0 saturated carbocycles. The molecule has 6 rings (SSSR count). The maximum absolute atomic E-state index is 12.7. The molecule has 0 spiro atoms. The summed E-state index contributed by atoms with van der Waals surface area (Å²) < 4.78 is 24.0. The van der Waals surface area contributed by atoms with Gasteiger partial charge in [-0.2, -0.15) is 0 Å². The zero-order valence-corrected chi connectivity index (χ0v) is 24.3. The fraction of sp³-hybridized carbons (Fsp3) is 0.312. The monoisotopic (exact) mass is 588 g/mol. The van der Waals surface area contributed by atoms with E-state index in [0.29, 0.717) is 11.3 Å². The van der Waals surface area contributed by atoms with E-state index in [0.717, 1.165) is 28.2 Å². The van der Waals surface area contributed by atoms with Crippen molar-refractivity contribution in [1.29, 1.82) is 0 Å². The number of fused-ring (bicyclic) bond motifs is 2. The number of nitrogens with zero attached hydrogens (tertiary/aromatic N) is 1. The Labute approximate surface area is 247 Å². The lowest BCUT2D eigenvalue weighted by Gasteiger charge is -2.39. The van der Waals surface area contributed by atoms with E-state index in [-0.39, 0.29) is 6.61 Å². The maximum Gasteiger partial charge on any atom is 0.330 e. The van der Waals surface area contributed by atoms with E-state index in [4.69, 9.17) is 18.9 Å². The molecule has 0 amide bonds. The largest absolute Gasteiger partial charge is 0.497 e. The number of H-pyrrole nitrogens is 1. The summed E-state index contributed by atoms with van der Waals surface area (Å²) in [6, 6.07) is 26.1. The Morgan fingerprint density at radius 1 is 0.952 bits per heavy atom. The summed E-state index contributed by atoms with van der Waals surface area (Å²) in [4.78, 5) is 27.0. The van der Waals surface area contributed by atoms with Crippen molar-refractivity contribution in [3.05, 3.63) is 128 Å². The third-order valence-electron chi connectivity index (χ3n) is 8.13. The van der Waals surface area contributed by atoms with Gasteiger partial charge in [-0.25, -0.2) is 4.79 Å². The van der Waals surface area contributed by atoms with E-state index < -0.39 is 40.0 Å². The van der Waals surface area contributed by atoms with Crippen LogP contribution in [0.15, 0.2) is 94.6 Å². The van der Waals surface area contributed by atoms with Crippen molar-refractivity contribution < 1.29 is 24.1 Å². The number of methoxy groups -OCH3 is 2. The highest BCUT2D eigenvalue weighted by Gasteiger charge is 2.62. The van der Waals surface area contributed by atoms with Crippen LogP contribution in [0.2, 0.25) is 0 Å². The van der Waals surface area contributed by atoms with Crippen molar-refractivity contribution in [2.45, 2.75) is 35.7 Å². The SMILES string of the molecule is COc1ccc(C(SC[C@@]23COC([C@H](n4cc(C)c(=O)[nH]c4=O)O2)[C@H]3O)(c2ccccc2)c2ccc(OC)cc2)cc1. The van der Waals surface area contributed by atoms with Crippen molar-refractivity contribution in [3.8, 4) is 11.5 Å². The van der Waals surface area contributed by atoms with Crippen LogP contribution >= 0.6 is 11.8 Å². The second-order valence-corrected chi connectivity index (χ2v) is 11.8. The number of aryl methyl sites for hydroxylation is 1. The van der Waals surface area contributed by atoms with Crippen LogP contribution in [0.1, 0.15) is 28.5 Å². The number of aliphatic hydroxyl groups excluding tert-OH is 1. The maximum atomic E-state index is 12.7. The number of aromatic nitrogens is 2. The molecule has 42 heavy (non-hydrogen) atoms. The van der Waals surface area contributed by atoms with Gasteiger partial charge in [0.15, 0.2) is 6.23 Å². The normalized spacial score (nSPS) is 23.2. The molecular formula is C32H32N2O7S. The number of benzene rings is 3. The first kappa shape index (κ1) is 28.3. The first-order chi connectivity index (χ1) is 20.3. The van der Waals surface area contributed by atoms with Gasteiger partial charge >= 0.3 is 5.69 Å². The molecule has 2 saturated heterocycles. The van der Waals surface area contributed by atoms with Crippen LogP contribution in [-0.4, -0.2) is 59.0 Å². The average molecular weight is 589 g/mol. The summed E-state index contributed by atoms with van der Waals surface area (Å²) in [5.41, 5.74) is 1.24. The molecule has 0 radical (unpaired) electrons. The molecule has 0 aliphatic carbocycles. The highest BCUT2D eigenvalue weighted by atomic mass is 32.2. The molecule has 218 valence electrons. The van der Waals surface area contributed by atoms with Crippen LogP contribution in [-0.2, 0) is 14.2 Å². The summed E-state index contributed by atoms with van der Waals surface area (Å²) in [5.74, 6) is 1.82. The van der Waals surface area contributed by atoms with Gasteiger partial charge in [-0.05, 0) is 47.9 Å². The molecule has 4 aromatic rings. The van der Waals surface area contributed by atoms with Crippen LogP contribution in [0.5, 0.6) is 11.5 Å². The lowest BCUT2D eigenvalue weighted by atomic mass is 9.84. The van der Waals surface area contributed by atoms with Crippen molar-refractivity contribution in [3.63, 3.8) is 0 Å². The molecule has 9 nitrogen and oxygen atoms in total. The van der Waals surface area contributed by atoms with Gasteiger partial charge in [-0.3, -0.25) is 14.3 Å². The fourth-order valence-electron chi connectivity index (χ4n) is 5.82. The first-order valence-corrected chi connectivity index (χ1v) is 14.6. The third kappa shape index (κ3) is 4.64. The number of hydrogen-bond acceptors (Lipinski definition) is 8. The molecule has 2 bridgehead atoms. The summed E-state index contributed by atoms with van der Waals surface area (Å²) in [5, 5.41) is 11.5. The highest BCUT2D eigenvalue weighted by Crippen LogP contribution is 2.53. The molecule has 3 heterocycles. The predicted octanol–water partition coefficient (Wildman–Crippen LogP) is 3.61. The Morgan fingerprint density at radius 3 is 2.10 bits per heavy atom. The molecule has 3 aromatic carbocycles. The Kier molecular flexibility index (Phi) is 7.48. The van der Waals surface area contributed by atoms with Crippen molar-refractivity contribution >= 4 is 11.8 Å². The van der Waals surface area contributed by atoms with E-state index in [1.807, 2.05) is 66.7 Å². The molecule has 2 aliphatic heterocycles. The topological polar surface area (TPSA) is 112 Å². The van der Waals surface area contributed by atoms with Gasteiger partial charge in [0.1, 0.15) is 29.3 Å². The van der Waals surface area contributed by atoms with Gasteiger partial charge in [-0.1, -0.05) is 54.6 Å². The van der Waals surface area contributed by atoms with Gasteiger partial charge in [0.2, 0.25) is 0 Å². The fourth-order valence-corrected chi connectivity index (χ4v) is 7.51. The number of thioether (sulfide) groups is 1. The number of aromatic amines is 1. The Bertz CT molecular complexity index is 1620. The smallest absolute Gasteiger partial charge is 0.330 e. The quantitative estimate of drug-likeness (QED) is 0.285. The van der Waals surface area contributed by atoms with E-state index >= 15 is 0 Å². The van der Waals surface area contributed by atoms with E-state index in [2.05, 4.69) is 17.1 Å². The predicted molar refractivity (Wildman–Crippen MR) is 159 cm³/mol. The summed E-state index contributed by atoms with van der Waals surface area (Å²) in [6.07, 6.45) is -1.19. The lowest BCUT2D eigenvalue weighted by molar-refractivity contribution is -0.165. The lowest BCUT2D eigenvalue weighted by Crippen LogP contribution is -2.45. The third-order valence-corrected chi connectivity index (χ3v) is 9.91. The minimum atomic E-state index is -1.09. The van der Waals surface area contributed by atoms with Crippen LogP contribution < -0.4 is 20.7 Å². The van der Waals surface area contributed by atoms with E-state index in [1.165, 1.54) is 10.8 Å². The van der Waals surface area contributed by atoms with Crippen molar-refractivity contribution in [2.75, 3.05) is 26.6 Å². The van der Waals surface area contributed by atoms with Gasteiger partial charge in [-0.15, -0.1) is 11.8 Å². The Morgan fingerprint density at radius 2 is 1.52 bits per heavy atom.